The number of anilines is 3. The summed E-state index contributed by atoms with van der Waals surface area (Å²) in [5, 5.41) is 8.55. The van der Waals surface area contributed by atoms with Crippen molar-refractivity contribution >= 4 is 46.4 Å². The molecule has 1 aliphatic rings. The van der Waals surface area contributed by atoms with E-state index < -0.39 is 5.41 Å². The lowest BCUT2D eigenvalue weighted by atomic mass is 10.0. The van der Waals surface area contributed by atoms with E-state index >= 15 is 0 Å². The molecule has 3 amide bonds. The summed E-state index contributed by atoms with van der Waals surface area (Å²) in [6.07, 6.45) is 0.945. The molecule has 3 N–H and O–H groups in total. The lowest BCUT2D eigenvalue weighted by molar-refractivity contribution is -0.131. The molecule has 1 fully saturated rings. The fourth-order valence-corrected chi connectivity index (χ4v) is 2.80. The van der Waals surface area contributed by atoms with Crippen LogP contribution >= 0.6 is 11.6 Å². The highest BCUT2D eigenvalue weighted by Crippen LogP contribution is 2.47. The molecule has 0 atom stereocenters. The highest BCUT2D eigenvalue weighted by atomic mass is 35.5. The molecule has 1 saturated carbocycles. The quantitative estimate of drug-likeness (QED) is 0.701. The molecule has 26 heavy (non-hydrogen) atoms. The van der Waals surface area contributed by atoms with E-state index in [1.54, 1.807) is 48.5 Å². The number of benzene rings is 2. The van der Waals surface area contributed by atoms with Gasteiger partial charge in [0.1, 0.15) is 5.41 Å². The second-order valence-corrected chi connectivity index (χ2v) is 6.64. The van der Waals surface area contributed by atoms with Crippen LogP contribution in [0.3, 0.4) is 0 Å². The predicted octanol–water partition coefficient (Wildman–Crippen LogP) is 3.66. The molecular weight excluding hydrogens is 354 g/mol. The summed E-state index contributed by atoms with van der Waals surface area (Å²) in [4.78, 5) is 36.4. The average molecular weight is 372 g/mol. The van der Waals surface area contributed by atoms with Crippen molar-refractivity contribution in [1.82, 2.24) is 0 Å². The Morgan fingerprint density at radius 1 is 0.885 bits per heavy atom. The SMILES string of the molecule is CC(=O)Nc1cccc(NC(=O)C2(C(=O)Nc3ccccc3Cl)CC2)c1. The van der Waals surface area contributed by atoms with Gasteiger partial charge in [0.25, 0.3) is 0 Å². The van der Waals surface area contributed by atoms with Gasteiger partial charge in [-0.3, -0.25) is 14.4 Å². The van der Waals surface area contributed by atoms with Crippen molar-refractivity contribution in [1.29, 1.82) is 0 Å². The van der Waals surface area contributed by atoms with Crippen LogP contribution in [0.2, 0.25) is 5.02 Å². The molecule has 0 unspecified atom stereocenters. The summed E-state index contributed by atoms with van der Waals surface area (Å²) < 4.78 is 0. The van der Waals surface area contributed by atoms with Gasteiger partial charge in [-0.2, -0.15) is 0 Å². The molecule has 6 nitrogen and oxygen atoms in total. The zero-order valence-electron chi connectivity index (χ0n) is 14.1. The van der Waals surface area contributed by atoms with Gasteiger partial charge in [-0.15, -0.1) is 0 Å². The Hall–Kier alpha value is -2.86. The normalized spacial score (nSPS) is 14.2. The number of hydrogen-bond acceptors (Lipinski definition) is 3. The summed E-state index contributed by atoms with van der Waals surface area (Å²) in [7, 11) is 0. The summed E-state index contributed by atoms with van der Waals surface area (Å²) >= 11 is 6.06. The first-order chi connectivity index (χ1) is 12.4. The molecule has 0 aliphatic heterocycles. The van der Waals surface area contributed by atoms with E-state index in [9.17, 15) is 14.4 Å². The van der Waals surface area contributed by atoms with Crippen LogP contribution in [0.25, 0.3) is 0 Å². The van der Waals surface area contributed by atoms with Crippen molar-refractivity contribution in [2.75, 3.05) is 16.0 Å². The third-order valence-corrected chi connectivity index (χ3v) is 4.51. The van der Waals surface area contributed by atoms with Crippen LogP contribution in [-0.4, -0.2) is 17.7 Å². The molecule has 0 heterocycles. The smallest absolute Gasteiger partial charge is 0.240 e. The zero-order valence-corrected chi connectivity index (χ0v) is 14.9. The first-order valence-electron chi connectivity index (χ1n) is 8.16. The van der Waals surface area contributed by atoms with Gasteiger partial charge in [0.2, 0.25) is 17.7 Å². The summed E-state index contributed by atoms with van der Waals surface area (Å²) in [6.45, 7) is 1.41. The summed E-state index contributed by atoms with van der Waals surface area (Å²) in [5.41, 5.74) is 0.466. The first-order valence-corrected chi connectivity index (χ1v) is 8.54. The van der Waals surface area contributed by atoms with Crippen LogP contribution in [0.5, 0.6) is 0 Å². The third-order valence-electron chi connectivity index (χ3n) is 4.18. The zero-order chi connectivity index (χ0) is 18.7. The maximum atomic E-state index is 12.7. The van der Waals surface area contributed by atoms with Gasteiger partial charge in [-0.1, -0.05) is 29.8 Å². The lowest BCUT2D eigenvalue weighted by Crippen LogP contribution is -2.35. The Morgan fingerprint density at radius 2 is 1.50 bits per heavy atom. The van der Waals surface area contributed by atoms with Gasteiger partial charge >= 0.3 is 0 Å². The van der Waals surface area contributed by atoms with Crippen molar-refractivity contribution in [3.8, 4) is 0 Å². The van der Waals surface area contributed by atoms with E-state index in [1.807, 2.05) is 0 Å². The Bertz CT molecular complexity index is 878. The Kier molecular flexibility index (Phi) is 4.95. The van der Waals surface area contributed by atoms with Crippen LogP contribution < -0.4 is 16.0 Å². The Balaban J connectivity index is 1.70. The van der Waals surface area contributed by atoms with E-state index in [1.165, 1.54) is 6.92 Å². The number of rotatable bonds is 5. The lowest BCUT2D eigenvalue weighted by Gasteiger charge is -2.16. The monoisotopic (exact) mass is 371 g/mol. The second-order valence-electron chi connectivity index (χ2n) is 6.23. The first kappa shape index (κ1) is 17.9. The predicted molar refractivity (Wildman–Crippen MR) is 101 cm³/mol. The Labute approximate surface area is 155 Å². The highest BCUT2D eigenvalue weighted by molar-refractivity contribution is 6.34. The van der Waals surface area contributed by atoms with E-state index in [0.29, 0.717) is 34.9 Å². The average Bonchev–Trinajstić information content (AvgIpc) is 3.38. The van der Waals surface area contributed by atoms with Crippen LogP contribution in [0.4, 0.5) is 17.1 Å². The largest absolute Gasteiger partial charge is 0.326 e. The molecule has 134 valence electrons. The molecule has 2 aromatic rings. The number of nitrogens with one attached hydrogen (secondary N) is 3. The van der Waals surface area contributed by atoms with Crippen molar-refractivity contribution in [3.63, 3.8) is 0 Å². The summed E-state index contributed by atoms with van der Waals surface area (Å²) in [5.74, 6) is -0.950. The molecule has 1 aliphatic carbocycles. The van der Waals surface area contributed by atoms with Crippen LogP contribution in [-0.2, 0) is 14.4 Å². The number of amides is 3. The molecule has 0 aromatic heterocycles. The van der Waals surface area contributed by atoms with Crippen molar-refractivity contribution in [2.45, 2.75) is 19.8 Å². The maximum absolute atomic E-state index is 12.7. The molecule has 3 rings (SSSR count). The van der Waals surface area contributed by atoms with Gasteiger partial charge < -0.3 is 16.0 Å². The molecule has 0 saturated heterocycles. The number of hydrogen-bond donors (Lipinski definition) is 3. The minimum Gasteiger partial charge on any atom is -0.326 e. The minimum atomic E-state index is -1.09. The van der Waals surface area contributed by atoms with Gasteiger partial charge in [-0.25, -0.2) is 0 Å². The van der Waals surface area contributed by atoms with E-state index in [-0.39, 0.29) is 17.7 Å². The van der Waals surface area contributed by atoms with Crippen molar-refractivity contribution in [3.05, 3.63) is 53.6 Å². The molecule has 7 heteroatoms. The Morgan fingerprint density at radius 3 is 2.12 bits per heavy atom. The number of carbonyl (C=O) groups excluding carboxylic acids is 3. The fourth-order valence-electron chi connectivity index (χ4n) is 2.62. The second kappa shape index (κ2) is 7.17. The van der Waals surface area contributed by atoms with Gasteiger partial charge in [-0.05, 0) is 43.2 Å². The van der Waals surface area contributed by atoms with Gasteiger partial charge in [0, 0.05) is 18.3 Å². The molecule has 0 bridgehead atoms. The van der Waals surface area contributed by atoms with Gasteiger partial charge in [0.05, 0.1) is 10.7 Å². The topological polar surface area (TPSA) is 87.3 Å². The number of halogens is 1. The number of para-hydroxylation sites is 1. The van der Waals surface area contributed by atoms with Crippen LogP contribution in [0.15, 0.2) is 48.5 Å². The maximum Gasteiger partial charge on any atom is 0.240 e. The highest BCUT2D eigenvalue weighted by Gasteiger charge is 2.56. The molecular formula is C19H18ClN3O3. The standard InChI is InChI=1S/C19H18ClN3O3/c1-12(24)21-13-5-4-6-14(11-13)22-17(25)19(9-10-19)18(26)23-16-8-3-2-7-15(16)20/h2-8,11H,9-10H2,1H3,(H,21,24)(H,22,25)(H,23,26). The van der Waals surface area contributed by atoms with Crippen molar-refractivity contribution in [2.24, 2.45) is 5.41 Å². The van der Waals surface area contributed by atoms with Crippen LogP contribution in [0, 0.1) is 5.41 Å². The van der Waals surface area contributed by atoms with Gasteiger partial charge in [0.15, 0.2) is 0 Å². The number of carbonyl (C=O) groups is 3. The fraction of sp³-hybridized carbons (Fsp3) is 0.211. The molecule has 2 aromatic carbocycles. The minimum absolute atomic E-state index is 0.203. The van der Waals surface area contributed by atoms with E-state index in [4.69, 9.17) is 11.6 Å². The van der Waals surface area contributed by atoms with E-state index in [0.717, 1.165) is 0 Å². The van der Waals surface area contributed by atoms with E-state index in [2.05, 4.69) is 16.0 Å². The van der Waals surface area contributed by atoms with Crippen LogP contribution in [0.1, 0.15) is 19.8 Å². The van der Waals surface area contributed by atoms with Crippen molar-refractivity contribution < 1.29 is 14.4 Å². The third kappa shape index (κ3) is 3.86. The molecule has 0 spiro atoms. The summed E-state index contributed by atoms with van der Waals surface area (Å²) in [6, 6.07) is 13.6. The molecule has 0 radical (unpaired) electrons.